The highest BCUT2D eigenvalue weighted by molar-refractivity contribution is 5.42. The fourth-order valence-electron chi connectivity index (χ4n) is 2.69. The van der Waals surface area contributed by atoms with Gasteiger partial charge in [-0.25, -0.2) is 4.98 Å². The quantitative estimate of drug-likeness (QED) is 0.573. The molecule has 1 aliphatic carbocycles. The molecular formula is C16H23N7. The zero-order chi connectivity index (χ0) is 16.1. The number of pyridine rings is 1. The van der Waals surface area contributed by atoms with Gasteiger partial charge in [0.15, 0.2) is 0 Å². The standard InChI is InChI=1S/C16H23N7/c17-12-7-11(8-12)14-9-15(23-16(18)22-14)21-6-2-5-20-13-3-1-4-19-10-13/h1,3-4,9-12,20H,2,5-8,17H2,(H3,18,21,22,23). The Morgan fingerprint density at radius 1 is 1.17 bits per heavy atom. The van der Waals surface area contributed by atoms with Crippen LogP contribution in [0.2, 0.25) is 0 Å². The first-order valence-electron chi connectivity index (χ1n) is 7.98. The van der Waals surface area contributed by atoms with E-state index in [1.807, 2.05) is 24.4 Å². The topological polar surface area (TPSA) is 115 Å². The van der Waals surface area contributed by atoms with E-state index in [9.17, 15) is 0 Å². The fraction of sp³-hybridized carbons (Fsp3) is 0.438. The van der Waals surface area contributed by atoms with E-state index in [0.717, 1.165) is 49.6 Å². The number of nitrogens with zero attached hydrogens (tertiary/aromatic N) is 3. The lowest BCUT2D eigenvalue weighted by molar-refractivity contribution is 0.345. The Morgan fingerprint density at radius 2 is 2.00 bits per heavy atom. The van der Waals surface area contributed by atoms with Crippen molar-refractivity contribution in [3.63, 3.8) is 0 Å². The van der Waals surface area contributed by atoms with Crippen LogP contribution in [0.1, 0.15) is 30.9 Å². The molecule has 122 valence electrons. The lowest BCUT2D eigenvalue weighted by atomic mass is 9.78. The van der Waals surface area contributed by atoms with E-state index in [-0.39, 0.29) is 0 Å². The molecule has 0 unspecified atom stereocenters. The van der Waals surface area contributed by atoms with Crippen molar-refractivity contribution in [2.24, 2.45) is 5.73 Å². The van der Waals surface area contributed by atoms with Crippen LogP contribution < -0.4 is 22.1 Å². The molecule has 6 N–H and O–H groups in total. The summed E-state index contributed by atoms with van der Waals surface area (Å²) in [7, 11) is 0. The highest BCUT2D eigenvalue weighted by Crippen LogP contribution is 2.35. The Kier molecular flexibility index (Phi) is 4.87. The summed E-state index contributed by atoms with van der Waals surface area (Å²) < 4.78 is 0. The molecule has 0 saturated heterocycles. The summed E-state index contributed by atoms with van der Waals surface area (Å²) in [6.07, 6.45) is 6.49. The van der Waals surface area contributed by atoms with Gasteiger partial charge >= 0.3 is 0 Å². The number of anilines is 3. The SMILES string of the molecule is Nc1nc(NCCCNc2cccnc2)cc(C2CC(N)C2)n1. The van der Waals surface area contributed by atoms with Gasteiger partial charge in [-0.05, 0) is 31.4 Å². The summed E-state index contributed by atoms with van der Waals surface area (Å²) in [4.78, 5) is 12.6. The van der Waals surface area contributed by atoms with Crippen molar-refractivity contribution in [3.8, 4) is 0 Å². The van der Waals surface area contributed by atoms with Gasteiger partial charge in [0.25, 0.3) is 0 Å². The van der Waals surface area contributed by atoms with E-state index in [1.165, 1.54) is 0 Å². The first-order valence-corrected chi connectivity index (χ1v) is 7.98. The first-order chi connectivity index (χ1) is 11.2. The second-order valence-electron chi connectivity index (χ2n) is 5.91. The van der Waals surface area contributed by atoms with Crippen LogP contribution >= 0.6 is 0 Å². The van der Waals surface area contributed by atoms with Gasteiger partial charge in [-0.3, -0.25) is 4.98 Å². The summed E-state index contributed by atoms with van der Waals surface area (Å²) in [6.45, 7) is 1.68. The summed E-state index contributed by atoms with van der Waals surface area (Å²) in [5.74, 6) is 1.52. The summed E-state index contributed by atoms with van der Waals surface area (Å²) in [5, 5.41) is 6.63. The van der Waals surface area contributed by atoms with Gasteiger partial charge in [-0.15, -0.1) is 0 Å². The van der Waals surface area contributed by atoms with Gasteiger partial charge in [0.2, 0.25) is 5.95 Å². The maximum atomic E-state index is 5.84. The van der Waals surface area contributed by atoms with Gasteiger partial charge in [0, 0.05) is 43.5 Å². The predicted molar refractivity (Wildman–Crippen MR) is 92.2 cm³/mol. The van der Waals surface area contributed by atoms with Crippen molar-refractivity contribution in [1.29, 1.82) is 0 Å². The molecule has 2 heterocycles. The molecule has 7 heteroatoms. The fourth-order valence-corrected chi connectivity index (χ4v) is 2.69. The van der Waals surface area contributed by atoms with E-state index in [1.54, 1.807) is 6.20 Å². The van der Waals surface area contributed by atoms with E-state index >= 15 is 0 Å². The van der Waals surface area contributed by atoms with Crippen LogP contribution in [-0.2, 0) is 0 Å². The lowest BCUT2D eigenvalue weighted by Gasteiger charge is -2.32. The second-order valence-corrected chi connectivity index (χ2v) is 5.91. The smallest absolute Gasteiger partial charge is 0.222 e. The van der Waals surface area contributed by atoms with Gasteiger partial charge in [0.1, 0.15) is 5.82 Å². The van der Waals surface area contributed by atoms with Crippen LogP contribution in [0.3, 0.4) is 0 Å². The third-order valence-corrected chi connectivity index (χ3v) is 4.01. The molecule has 0 amide bonds. The molecule has 0 spiro atoms. The van der Waals surface area contributed by atoms with Crippen LogP contribution in [0.25, 0.3) is 0 Å². The Morgan fingerprint density at radius 3 is 2.74 bits per heavy atom. The minimum absolute atomic E-state index is 0.297. The molecule has 0 aromatic carbocycles. The Labute approximate surface area is 135 Å². The van der Waals surface area contributed by atoms with E-state index in [4.69, 9.17) is 11.5 Å². The summed E-state index contributed by atoms with van der Waals surface area (Å²) >= 11 is 0. The van der Waals surface area contributed by atoms with Crippen LogP contribution in [0, 0.1) is 0 Å². The molecule has 2 aromatic rings. The van der Waals surface area contributed by atoms with Crippen molar-refractivity contribution >= 4 is 17.5 Å². The zero-order valence-corrected chi connectivity index (χ0v) is 13.1. The van der Waals surface area contributed by atoms with Crippen molar-refractivity contribution in [2.45, 2.75) is 31.2 Å². The highest BCUT2D eigenvalue weighted by Gasteiger charge is 2.28. The normalized spacial score (nSPS) is 19.9. The van der Waals surface area contributed by atoms with Crippen LogP contribution in [0.5, 0.6) is 0 Å². The van der Waals surface area contributed by atoms with Gasteiger partial charge in [-0.1, -0.05) is 0 Å². The minimum atomic E-state index is 0.297. The predicted octanol–water partition coefficient (Wildman–Crippen LogP) is 1.57. The third-order valence-electron chi connectivity index (χ3n) is 4.01. The molecule has 1 aliphatic rings. The molecule has 3 rings (SSSR count). The molecule has 0 aliphatic heterocycles. The minimum Gasteiger partial charge on any atom is -0.384 e. The van der Waals surface area contributed by atoms with E-state index in [2.05, 4.69) is 25.6 Å². The van der Waals surface area contributed by atoms with Crippen molar-refractivity contribution in [1.82, 2.24) is 15.0 Å². The molecule has 2 aromatic heterocycles. The number of hydrogen-bond acceptors (Lipinski definition) is 7. The molecule has 0 atom stereocenters. The van der Waals surface area contributed by atoms with Crippen molar-refractivity contribution in [2.75, 3.05) is 29.5 Å². The van der Waals surface area contributed by atoms with Gasteiger partial charge in [-0.2, -0.15) is 4.98 Å². The van der Waals surface area contributed by atoms with Crippen LogP contribution in [0.4, 0.5) is 17.5 Å². The largest absolute Gasteiger partial charge is 0.384 e. The Bertz CT molecular complexity index is 626. The second kappa shape index (κ2) is 7.23. The van der Waals surface area contributed by atoms with Gasteiger partial charge in [0.05, 0.1) is 11.4 Å². The highest BCUT2D eigenvalue weighted by atomic mass is 15.1. The maximum Gasteiger partial charge on any atom is 0.222 e. The molecule has 23 heavy (non-hydrogen) atoms. The van der Waals surface area contributed by atoms with E-state index in [0.29, 0.717) is 17.9 Å². The zero-order valence-electron chi connectivity index (χ0n) is 13.1. The number of nitrogens with two attached hydrogens (primary N) is 2. The first kappa shape index (κ1) is 15.5. The number of aromatic nitrogens is 3. The van der Waals surface area contributed by atoms with Crippen molar-refractivity contribution < 1.29 is 0 Å². The molecule has 1 saturated carbocycles. The molecule has 0 radical (unpaired) electrons. The van der Waals surface area contributed by atoms with E-state index < -0.39 is 0 Å². The molecule has 1 fully saturated rings. The lowest BCUT2D eigenvalue weighted by Crippen LogP contribution is -2.35. The Hall–Kier alpha value is -2.41. The average Bonchev–Trinajstić information content (AvgIpc) is 2.52. The molecule has 7 nitrogen and oxygen atoms in total. The third kappa shape index (κ3) is 4.29. The Balaban J connectivity index is 1.44. The van der Waals surface area contributed by atoms with Crippen LogP contribution in [0.15, 0.2) is 30.6 Å². The number of rotatable bonds is 7. The molecular weight excluding hydrogens is 290 g/mol. The summed E-state index contributed by atoms with van der Waals surface area (Å²) in [6, 6.07) is 6.20. The average molecular weight is 313 g/mol. The monoisotopic (exact) mass is 313 g/mol. The number of nitrogens with one attached hydrogen (secondary N) is 2. The number of hydrogen-bond donors (Lipinski definition) is 4. The van der Waals surface area contributed by atoms with Crippen LogP contribution in [-0.4, -0.2) is 34.1 Å². The molecule has 0 bridgehead atoms. The number of nitrogen functional groups attached to an aromatic ring is 1. The maximum absolute atomic E-state index is 5.84. The van der Waals surface area contributed by atoms with Crippen molar-refractivity contribution in [3.05, 3.63) is 36.3 Å². The summed E-state index contributed by atoms with van der Waals surface area (Å²) in [5.41, 5.74) is 13.7. The van der Waals surface area contributed by atoms with Gasteiger partial charge < -0.3 is 22.1 Å².